The van der Waals surface area contributed by atoms with Crippen LogP contribution in [0.25, 0.3) is 22.5 Å². The van der Waals surface area contributed by atoms with Crippen molar-refractivity contribution in [2.75, 3.05) is 6.54 Å². The third kappa shape index (κ3) is 2.30. The topological polar surface area (TPSA) is 76.7 Å². The molecule has 1 N–H and O–H groups in total. The number of rotatable bonds is 4. The number of hydrogen-bond donors (Lipinski definition) is 1. The van der Waals surface area contributed by atoms with Crippen LogP contribution in [-0.4, -0.2) is 26.7 Å². The van der Waals surface area contributed by atoms with Gasteiger partial charge in [0.2, 0.25) is 11.8 Å². The van der Waals surface area contributed by atoms with E-state index in [0.29, 0.717) is 18.3 Å². The maximum Gasteiger partial charge on any atom is 0.250 e. The summed E-state index contributed by atoms with van der Waals surface area (Å²) in [5.41, 5.74) is 2.39. The van der Waals surface area contributed by atoms with Crippen molar-refractivity contribution in [1.82, 2.24) is 25.5 Å². The van der Waals surface area contributed by atoms with Crippen LogP contribution in [0.1, 0.15) is 12.8 Å². The highest BCUT2D eigenvalue weighted by atomic mass is 16.4. The lowest BCUT2D eigenvalue weighted by Crippen LogP contribution is -2.11. The van der Waals surface area contributed by atoms with Crippen LogP contribution in [0.15, 0.2) is 35.0 Å². The summed E-state index contributed by atoms with van der Waals surface area (Å²) in [4.78, 5) is 8.58. The van der Waals surface area contributed by atoms with Crippen molar-refractivity contribution in [1.29, 1.82) is 0 Å². The molecular weight excluding hydrogens is 242 g/mol. The zero-order chi connectivity index (χ0) is 13.1. The van der Waals surface area contributed by atoms with Crippen molar-refractivity contribution in [3.05, 3.63) is 36.5 Å². The Balaban J connectivity index is 2.02. The van der Waals surface area contributed by atoms with E-state index in [0.717, 1.165) is 23.1 Å². The lowest BCUT2D eigenvalue weighted by atomic mass is 10.2. The van der Waals surface area contributed by atoms with Crippen LogP contribution in [0.5, 0.6) is 0 Å². The second-order valence-corrected chi connectivity index (χ2v) is 4.01. The van der Waals surface area contributed by atoms with E-state index in [-0.39, 0.29) is 0 Å². The Labute approximate surface area is 109 Å². The van der Waals surface area contributed by atoms with Crippen LogP contribution in [0.3, 0.4) is 0 Å². The minimum absolute atomic E-state index is 0.471. The molecule has 96 valence electrons. The first kappa shape index (κ1) is 11.7. The van der Waals surface area contributed by atoms with Crippen molar-refractivity contribution < 1.29 is 4.42 Å². The van der Waals surface area contributed by atoms with Crippen molar-refractivity contribution in [2.24, 2.45) is 0 Å². The van der Waals surface area contributed by atoms with Crippen LogP contribution in [-0.2, 0) is 6.54 Å². The molecule has 2 heterocycles. The van der Waals surface area contributed by atoms with E-state index >= 15 is 0 Å². The molecular formula is C13H13N5O. The first-order valence-corrected chi connectivity index (χ1v) is 6.11. The standard InChI is InChI=1S/C13H13N5O/c1-2-14-8-11-17-18-13(19-11)9-4-3-5-10-12(9)16-7-6-15-10/h3-7,14H,2,8H2,1H3. The molecule has 0 unspecified atom stereocenters. The van der Waals surface area contributed by atoms with Crippen LogP contribution in [0.2, 0.25) is 0 Å². The first-order chi connectivity index (χ1) is 9.38. The lowest BCUT2D eigenvalue weighted by molar-refractivity contribution is 0.482. The number of aromatic nitrogens is 4. The largest absolute Gasteiger partial charge is 0.419 e. The summed E-state index contributed by atoms with van der Waals surface area (Å²) in [6.45, 7) is 3.45. The van der Waals surface area contributed by atoms with Crippen LogP contribution < -0.4 is 5.32 Å². The fraction of sp³-hybridized carbons (Fsp3) is 0.231. The van der Waals surface area contributed by atoms with E-state index < -0.39 is 0 Å². The molecule has 3 rings (SSSR count). The Morgan fingerprint density at radius 1 is 1.16 bits per heavy atom. The summed E-state index contributed by atoms with van der Waals surface area (Å²) in [5.74, 6) is 1.04. The smallest absolute Gasteiger partial charge is 0.250 e. The van der Waals surface area contributed by atoms with Crippen molar-refractivity contribution >= 4 is 11.0 Å². The van der Waals surface area contributed by atoms with Gasteiger partial charge < -0.3 is 9.73 Å². The van der Waals surface area contributed by atoms with Gasteiger partial charge in [-0.1, -0.05) is 13.0 Å². The Morgan fingerprint density at radius 2 is 2.05 bits per heavy atom. The normalized spacial score (nSPS) is 11.0. The molecule has 2 aromatic heterocycles. The van der Waals surface area contributed by atoms with Crippen molar-refractivity contribution in [3.8, 4) is 11.5 Å². The zero-order valence-electron chi connectivity index (χ0n) is 10.5. The van der Waals surface area contributed by atoms with E-state index in [1.807, 2.05) is 25.1 Å². The summed E-state index contributed by atoms with van der Waals surface area (Å²) in [5, 5.41) is 11.2. The van der Waals surface area contributed by atoms with Gasteiger partial charge in [0.25, 0.3) is 0 Å². The summed E-state index contributed by atoms with van der Waals surface area (Å²) in [6, 6.07) is 5.71. The molecule has 0 atom stereocenters. The minimum atomic E-state index is 0.471. The molecule has 19 heavy (non-hydrogen) atoms. The first-order valence-electron chi connectivity index (χ1n) is 6.11. The fourth-order valence-corrected chi connectivity index (χ4v) is 1.83. The third-order valence-electron chi connectivity index (χ3n) is 2.72. The number of nitrogens with one attached hydrogen (secondary N) is 1. The van der Waals surface area contributed by atoms with Gasteiger partial charge in [-0.25, -0.2) is 0 Å². The van der Waals surface area contributed by atoms with Gasteiger partial charge in [-0.15, -0.1) is 10.2 Å². The van der Waals surface area contributed by atoms with Gasteiger partial charge in [0.15, 0.2) is 0 Å². The van der Waals surface area contributed by atoms with Crippen molar-refractivity contribution in [3.63, 3.8) is 0 Å². The second kappa shape index (κ2) is 5.11. The van der Waals surface area contributed by atoms with E-state index in [4.69, 9.17) is 4.42 Å². The summed E-state index contributed by atoms with van der Waals surface area (Å²) >= 11 is 0. The SMILES string of the molecule is CCNCc1nnc(-c2cccc3nccnc23)o1. The van der Waals surface area contributed by atoms with E-state index in [1.54, 1.807) is 12.4 Å². The second-order valence-electron chi connectivity index (χ2n) is 4.01. The summed E-state index contributed by atoms with van der Waals surface area (Å²) in [7, 11) is 0. The Morgan fingerprint density at radius 3 is 2.95 bits per heavy atom. The van der Waals surface area contributed by atoms with Gasteiger partial charge in [-0.05, 0) is 18.7 Å². The fourth-order valence-electron chi connectivity index (χ4n) is 1.83. The third-order valence-corrected chi connectivity index (χ3v) is 2.72. The Kier molecular flexibility index (Phi) is 3.16. The number of benzene rings is 1. The molecule has 6 heteroatoms. The quantitative estimate of drug-likeness (QED) is 0.765. The summed E-state index contributed by atoms with van der Waals surface area (Å²) < 4.78 is 5.63. The van der Waals surface area contributed by atoms with E-state index in [9.17, 15) is 0 Å². The number of para-hydroxylation sites is 1. The molecule has 0 radical (unpaired) electrons. The molecule has 0 fully saturated rings. The van der Waals surface area contributed by atoms with Crippen LogP contribution in [0.4, 0.5) is 0 Å². The average Bonchev–Trinajstić information content (AvgIpc) is 2.93. The van der Waals surface area contributed by atoms with E-state index in [1.165, 1.54) is 0 Å². The molecule has 6 nitrogen and oxygen atoms in total. The predicted octanol–water partition coefficient (Wildman–Crippen LogP) is 1.79. The van der Waals surface area contributed by atoms with Gasteiger partial charge in [0.05, 0.1) is 17.6 Å². The maximum absolute atomic E-state index is 5.63. The molecule has 0 bridgehead atoms. The van der Waals surface area contributed by atoms with Crippen molar-refractivity contribution in [2.45, 2.75) is 13.5 Å². The lowest BCUT2D eigenvalue weighted by Gasteiger charge is -2.00. The Bertz CT molecular complexity index is 689. The summed E-state index contributed by atoms with van der Waals surface area (Å²) in [6.07, 6.45) is 3.32. The average molecular weight is 255 g/mol. The molecule has 0 aliphatic rings. The monoisotopic (exact) mass is 255 g/mol. The molecule has 0 saturated carbocycles. The number of hydrogen-bond acceptors (Lipinski definition) is 6. The molecule has 0 aliphatic carbocycles. The van der Waals surface area contributed by atoms with E-state index in [2.05, 4.69) is 25.5 Å². The molecule has 0 amide bonds. The number of nitrogens with zero attached hydrogens (tertiary/aromatic N) is 4. The molecule has 0 aliphatic heterocycles. The maximum atomic E-state index is 5.63. The highest BCUT2D eigenvalue weighted by Crippen LogP contribution is 2.24. The van der Waals surface area contributed by atoms with Crippen LogP contribution in [0, 0.1) is 0 Å². The predicted molar refractivity (Wildman–Crippen MR) is 70.2 cm³/mol. The molecule has 0 saturated heterocycles. The van der Waals surface area contributed by atoms with Crippen LogP contribution >= 0.6 is 0 Å². The highest BCUT2D eigenvalue weighted by Gasteiger charge is 2.12. The highest BCUT2D eigenvalue weighted by molar-refractivity contribution is 5.88. The number of fused-ring (bicyclic) bond motifs is 1. The molecule has 0 spiro atoms. The Hall–Kier alpha value is -2.34. The van der Waals surface area contributed by atoms with Gasteiger partial charge >= 0.3 is 0 Å². The zero-order valence-corrected chi connectivity index (χ0v) is 10.5. The van der Waals surface area contributed by atoms with Gasteiger partial charge in [-0.2, -0.15) is 0 Å². The molecule has 1 aromatic carbocycles. The molecule has 3 aromatic rings. The van der Waals surface area contributed by atoms with Gasteiger partial charge in [-0.3, -0.25) is 9.97 Å². The van der Waals surface area contributed by atoms with Gasteiger partial charge in [0, 0.05) is 12.4 Å². The van der Waals surface area contributed by atoms with Gasteiger partial charge in [0.1, 0.15) is 5.52 Å². The minimum Gasteiger partial charge on any atom is -0.419 e.